The first kappa shape index (κ1) is 18.3. The molecule has 1 aliphatic heterocycles. The molecule has 2 aromatic carbocycles. The van der Waals surface area contributed by atoms with E-state index >= 15 is 0 Å². The van der Waals surface area contributed by atoms with Crippen molar-refractivity contribution in [3.8, 4) is 5.75 Å². The number of rotatable bonds is 5. The second-order valence-electron chi connectivity index (χ2n) is 6.54. The van der Waals surface area contributed by atoms with Gasteiger partial charge >= 0.3 is 0 Å². The first-order valence-corrected chi connectivity index (χ1v) is 9.93. The summed E-state index contributed by atoms with van der Waals surface area (Å²) in [4.78, 5) is 13.5. The minimum atomic E-state index is -3.71. The van der Waals surface area contributed by atoms with Crippen molar-refractivity contribution in [1.82, 2.24) is 0 Å². The number of anilines is 2. The topological polar surface area (TPSA) is 75.7 Å². The molecule has 1 N–H and O–H groups in total. The summed E-state index contributed by atoms with van der Waals surface area (Å²) in [5.74, 6) is 0.722. The van der Waals surface area contributed by atoms with Gasteiger partial charge in [0.2, 0.25) is 5.91 Å². The van der Waals surface area contributed by atoms with E-state index in [2.05, 4.69) is 4.72 Å². The van der Waals surface area contributed by atoms with Gasteiger partial charge in [-0.25, -0.2) is 8.42 Å². The molecule has 3 rings (SSSR count). The summed E-state index contributed by atoms with van der Waals surface area (Å²) in [6.45, 7) is 3.86. The predicted molar refractivity (Wildman–Crippen MR) is 101 cm³/mol. The third-order valence-electron chi connectivity index (χ3n) is 4.18. The van der Waals surface area contributed by atoms with Crippen molar-refractivity contribution in [2.24, 2.45) is 0 Å². The smallest absolute Gasteiger partial charge is 0.261 e. The molecule has 1 aliphatic rings. The maximum Gasteiger partial charge on any atom is 0.261 e. The Labute approximate surface area is 153 Å². The number of carbonyl (C=O) groups is 1. The largest absolute Gasteiger partial charge is 0.491 e. The Balaban J connectivity index is 1.81. The van der Waals surface area contributed by atoms with Gasteiger partial charge < -0.3 is 9.64 Å². The molecule has 0 saturated heterocycles. The lowest BCUT2D eigenvalue weighted by Gasteiger charge is -2.26. The van der Waals surface area contributed by atoms with Crippen LogP contribution in [-0.2, 0) is 21.2 Å². The standard InChI is InChI=1S/C19H22N2O4S/c1-13(2)25-16-7-5-15(6-8-16)20-26(23,24)17-9-10-18-14(12-17)4-11-19(22)21(18)3/h5-10,12-13,20H,4,11H2,1-3H3. The number of amides is 1. The highest BCUT2D eigenvalue weighted by molar-refractivity contribution is 7.92. The molecule has 2 aromatic rings. The molecule has 1 amide bonds. The van der Waals surface area contributed by atoms with Crippen molar-refractivity contribution >= 4 is 27.3 Å². The molecule has 0 spiro atoms. The molecule has 1 heterocycles. The van der Waals surface area contributed by atoms with Gasteiger partial charge in [0.15, 0.2) is 0 Å². The number of fused-ring (bicyclic) bond motifs is 1. The summed E-state index contributed by atoms with van der Waals surface area (Å²) in [5, 5.41) is 0. The van der Waals surface area contributed by atoms with Crippen LogP contribution in [0.4, 0.5) is 11.4 Å². The zero-order valence-corrected chi connectivity index (χ0v) is 15.8. The van der Waals surface area contributed by atoms with Crippen LogP contribution < -0.4 is 14.4 Å². The van der Waals surface area contributed by atoms with Gasteiger partial charge in [0.05, 0.1) is 11.0 Å². The number of sulfonamides is 1. The summed E-state index contributed by atoms with van der Waals surface area (Å²) >= 11 is 0. The molecule has 6 nitrogen and oxygen atoms in total. The van der Waals surface area contributed by atoms with E-state index in [1.807, 2.05) is 13.8 Å². The van der Waals surface area contributed by atoms with Crippen LogP contribution in [0.15, 0.2) is 47.4 Å². The number of benzene rings is 2. The second-order valence-corrected chi connectivity index (χ2v) is 8.22. The van der Waals surface area contributed by atoms with Gasteiger partial charge in [-0.15, -0.1) is 0 Å². The van der Waals surface area contributed by atoms with Crippen molar-refractivity contribution in [2.45, 2.75) is 37.7 Å². The third kappa shape index (κ3) is 3.83. The van der Waals surface area contributed by atoms with E-state index in [-0.39, 0.29) is 16.9 Å². The van der Waals surface area contributed by atoms with Gasteiger partial charge in [-0.2, -0.15) is 0 Å². The second kappa shape index (κ2) is 6.99. The van der Waals surface area contributed by atoms with E-state index in [1.54, 1.807) is 48.3 Å². The Morgan fingerprint density at radius 1 is 1.08 bits per heavy atom. The predicted octanol–water partition coefficient (Wildman–Crippen LogP) is 3.18. The zero-order valence-electron chi connectivity index (χ0n) is 15.0. The van der Waals surface area contributed by atoms with Crippen LogP contribution in [0, 0.1) is 0 Å². The number of carbonyl (C=O) groups excluding carboxylic acids is 1. The fraction of sp³-hybridized carbons (Fsp3) is 0.316. The SMILES string of the molecule is CC(C)Oc1ccc(NS(=O)(=O)c2ccc3c(c2)CCC(=O)N3C)cc1. The van der Waals surface area contributed by atoms with Gasteiger partial charge in [0, 0.05) is 24.8 Å². The number of nitrogens with one attached hydrogen (secondary N) is 1. The minimum absolute atomic E-state index is 0.0370. The molecule has 0 bridgehead atoms. The molecule has 0 fully saturated rings. The van der Waals surface area contributed by atoms with Crippen LogP contribution >= 0.6 is 0 Å². The average Bonchev–Trinajstić information content (AvgIpc) is 2.59. The van der Waals surface area contributed by atoms with Crippen molar-refractivity contribution in [1.29, 1.82) is 0 Å². The highest BCUT2D eigenvalue weighted by atomic mass is 32.2. The van der Waals surface area contributed by atoms with E-state index in [0.717, 1.165) is 11.3 Å². The maximum atomic E-state index is 12.7. The van der Waals surface area contributed by atoms with E-state index in [1.165, 1.54) is 6.07 Å². The van der Waals surface area contributed by atoms with Crippen LogP contribution in [-0.4, -0.2) is 27.5 Å². The van der Waals surface area contributed by atoms with Crippen LogP contribution in [0.5, 0.6) is 5.75 Å². The van der Waals surface area contributed by atoms with Crippen molar-refractivity contribution < 1.29 is 17.9 Å². The Kier molecular flexibility index (Phi) is 4.91. The molecule has 0 unspecified atom stereocenters. The fourth-order valence-corrected chi connectivity index (χ4v) is 4.00. The van der Waals surface area contributed by atoms with Gasteiger partial charge in [0.25, 0.3) is 10.0 Å². The van der Waals surface area contributed by atoms with E-state index in [4.69, 9.17) is 4.74 Å². The Morgan fingerprint density at radius 3 is 2.42 bits per heavy atom. The molecule has 138 valence electrons. The number of hydrogen-bond acceptors (Lipinski definition) is 4. The highest BCUT2D eigenvalue weighted by Crippen LogP contribution is 2.29. The molecule has 0 aliphatic carbocycles. The molecular formula is C19H22N2O4S. The van der Waals surface area contributed by atoms with Crippen molar-refractivity contribution in [3.05, 3.63) is 48.0 Å². The molecule has 7 heteroatoms. The van der Waals surface area contributed by atoms with Crippen molar-refractivity contribution in [2.75, 3.05) is 16.7 Å². The molecule has 0 radical (unpaired) electrons. The lowest BCUT2D eigenvalue weighted by molar-refractivity contribution is -0.118. The molecule has 0 atom stereocenters. The molecule has 26 heavy (non-hydrogen) atoms. The first-order chi connectivity index (χ1) is 12.3. The van der Waals surface area contributed by atoms with Crippen LogP contribution in [0.1, 0.15) is 25.8 Å². The van der Waals surface area contributed by atoms with E-state index < -0.39 is 10.0 Å². The fourth-order valence-electron chi connectivity index (χ4n) is 2.89. The Morgan fingerprint density at radius 2 is 1.77 bits per heavy atom. The number of hydrogen-bond donors (Lipinski definition) is 1. The molecule has 0 saturated carbocycles. The summed E-state index contributed by atoms with van der Waals surface area (Å²) in [6.07, 6.45) is 0.985. The summed E-state index contributed by atoms with van der Waals surface area (Å²) in [5.41, 5.74) is 2.08. The van der Waals surface area contributed by atoms with Crippen LogP contribution in [0.2, 0.25) is 0 Å². The van der Waals surface area contributed by atoms with Gasteiger partial charge in [0.1, 0.15) is 5.75 Å². The van der Waals surface area contributed by atoms with Gasteiger partial charge in [-0.3, -0.25) is 9.52 Å². The minimum Gasteiger partial charge on any atom is -0.491 e. The quantitative estimate of drug-likeness (QED) is 0.872. The highest BCUT2D eigenvalue weighted by Gasteiger charge is 2.23. The average molecular weight is 374 g/mol. The number of nitrogens with zero attached hydrogens (tertiary/aromatic N) is 1. The molecule has 0 aromatic heterocycles. The number of ether oxygens (including phenoxy) is 1. The van der Waals surface area contributed by atoms with Crippen molar-refractivity contribution in [3.63, 3.8) is 0 Å². The lowest BCUT2D eigenvalue weighted by Crippen LogP contribution is -2.31. The Bertz CT molecular complexity index is 921. The summed E-state index contributed by atoms with van der Waals surface area (Å²) in [6, 6.07) is 11.6. The molecular weight excluding hydrogens is 352 g/mol. The maximum absolute atomic E-state index is 12.7. The number of aryl methyl sites for hydroxylation is 1. The van der Waals surface area contributed by atoms with E-state index in [9.17, 15) is 13.2 Å². The monoisotopic (exact) mass is 374 g/mol. The summed E-state index contributed by atoms with van der Waals surface area (Å²) in [7, 11) is -2.01. The van der Waals surface area contributed by atoms with Gasteiger partial charge in [-0.05, 0) is 68.3 Å². The van der Waals surface area contributed by atoms with Crippen LogP contribution in [0.25, 0.3) is 0 Å². The first-order valence-electron chi connectivity index (χ1n) is 8.45. The van der Waals surface area contributed by atoms with E-state index in [0.29, 0.717) is 24.3 Å². The third-order valence-corrected chi connectivity index (χ3v) is 5.56. The summed E-state index contributed by atoms with van der Waals surface area (Å²) < 4.78 is 33.5. The van der Waals surface area contributed by atoms with Crippen LogP contribution in [0.3, 0.4) is 0 Å². The van der Waals surface area contributed by atoms with Gasteiger partial charge in [-0.1, -0.05) is 0 Å². The normalized spacial score (nSPS) is 14.3. The zero-order chi connectivity index (χ0) is 18.9. The lowest BCUT2D eigenvalue weighted by atomic mass is 10.0. The Hall–Kier alpha value is -2.54.